The molecule has 3 aromatic rings. The molecule has 0 spiro atoms. The van der Waals surface area contributed by atoms with Crippen LogP contribution in [-0.2, 0) is 19.5 Å². The molecular formula is C21H22FN3. The van der Waals surface area contributed by atoms with Crippen LogP contribution < -0.4 is 0 Å². The van der Waals surface area contributed by atoms with Gasteiger partial charge in [0, 0.05) is 31.5 Å². The Morgan fingerprint density at radius 1 is 1.12 bits per heavy atom. The lowest BCUT2D eigenvalue weighted by molar-refractivity contribution is 0.182. The van der Waals surface area contributed by atoms with Gasteiger partial charge in [-0.3, -0.25) is 4.90 Å². The van der Waals surface area contributed by atoms with E-state index >= 15 is 0 Å². The standard InChI is InChI=1S/C21H22FN3/c1-16-20-13-19(22)8-7-18(20)9-11-24(16)15-21-23-10-12-25(21)14-17-5-3-2-4-6-17/h2-8,10,12-13,16H,9,11,14-15H2,1H3. The highest BCUT2D eigenvalue weighted by molar-refractivity contribution is 5.32. The van der Waals surface area contributed by atoms with E-state index in [0.717, 1.165) is 37.4 Å². The highest BCUT2D eigenvalue weighted by atomic mass is 19.1. The molecule has 4 rings (SSSR count). The van der Waals surface area contributed by atoms with E-state index in [2.05, 4.69) is 45.6 Å². The number of hydrogen-bond acceptors (Lipinski definition) is 2. The van der Waals surface area contributed by atoms with Gasteiger partial charge in [-0.2, -0.15) is 0 Å². The first-order valence-corrected chi connectivity index (χ1v) is 8.77. The van der Waals surface area contributed by atoms with Crippen LogP contribution in [0.15, 0.2) is 60.9 Å². The Kier molecular flexibility index (Phi) is 4.36. The normalized spacial score (nSPS) is 17.4. The molecule has 0 amide bonds. The molecule has 2 aromatic carbocycles. The summed E-state index contributed by atoms with van der Waals surface area (Å²) in [5.41, 5.74) is 3.63. The third-order valence-electron chi connectivity index (χ3n) is 5.12. The van der Waals surface area contributed by atoms with Crippen molar-refractivity contribution in [2.24, 2.45) is 0 Å². The first-order valence-electron chi connectivity index (χ1n) is 8.77. The lowest BCUT2D eigenvalue weighted by Gasteiger charge is -2.35. The number of nitrogens with zero attached hydrogens (tertiary/aromatic N) is 3. The molecule has 0 bridgehead atoms. The summed E-state index contributed by atoms with van der Waals surface area (Å²) in [4.78, 5) is 6.94. The fourth-order valence-electron chi connectivity index (χ4n) is 3.65. The Hall–Kier alpha value is -2.46. The average Bonchev–Trinajstić information content (AvgIpc) is 3.05. The first-order chi connectivity index (χ1) is 12.2. The first kappa shape index (κ1) is 16.0. The molecule has 4 heteroatoms. The van der Waals surface area contributed by atoms with Gasteiger partial charge in [-0.1, -0.05) is 36.4 Å². The van der Waals surface area contributed by atoms with E-state index in [-0.39, 0.29) is 11.9 Å². The average molecular weight is 335 g/mol. The van der Waals surface area contributed by atoms with E-state index in [9.17, 15) is 4.39 Å². The summed E-state index contributed by atoms with van der Waals surface area (Å²) < 4.78 is 15.8. The van der Waals surface area contributed by atoms with E-state index in [4.69, 9.17) is 0 Å². The second-order valence-corrected chi connectivity index (χ2v) is 6.70. The van der Waals surface area contributed by atoms with Crippen molar-refractivity contribution >= 4 is 0 Å². The van der Waals surface area contributed by atoms with Gasteiger partial charge in [-0.25, -0.2) is 9.37 Å². The minimum atomic E-state index is -0.155. The van der Waals surface area contributed by atoms with Gasteiger partial charge in [-0.05, 0) is 42.2 Å². The fourth-order valence-corrected chi connectivity index (χ4v) is 3.65. The Morgan fingerprint density at radius 2 is 1.96 bits per heavy atom. The lowest BCUT2D eigenvalue weighted by atomic mass is 9.93. The predicted molar refractivity (Wildman–Crippen MR) is 96.7 cm³/mol. The number of hydrogen-bond donors (Lipinski definition) is 0. The third-order valence-corrected chi connectivity index (χ3v) is 5.12. The summed E-state index contributed by atoms with van der Waals surface area (Å²) in [7, 11) is 0. The minimum Gasteiger partial charge on any atom is -0.329 e. The largest absolute Gasteiger partial charge is 0.329 e. The molecule has 1 unspecified atom stereocenters. The van der Waals surface area contributed by atoms with Crippen LogP contribution in [0.5, 0.6) is 0 Å². The highest BCUT2D eigenvalue weighted by Gasteiger charge is 2.25. The summed E-state index contributed by atoms with van der Waals surface area (Å²) in [6.45, 7) is 4.72. The Bertz CT molecular complexity index is 857. The maximum absolute atomic E-state index is 13.6. The van der Waals surface area contributed by atoms with Gasteiger partial charge in [0.2, 0.25) is 0 Å². The van der Waals surface area contributed by atoms with Crippen LogP contribution in [0.4, 0.5) is 4.39 Å². The summed E-state index contributed by atoms with van der Waals surface area (Å²) in [5, 5.41) is 0. The Labute approximate surface area is 147 Å². The predicted octanol–water partition coefficient (Wildman–Crippen LogP) is 4.19. The van der Waals surface area contributed by atoms with E-state index in [1.54, 1.807) is 12.1 Å². The van der Waals surface area contributed by atoms with Gasteiger partial charge >= 0.3 is 0 Å². The van der Waals surface area contributed by atoms with E-state index in [0.29, 0.717) is 0 Å². The van der Waals surface area contributed by atoms with Gasteiger partial charge in [0.1, 0.15) is 11.6 Å². The van der Waals surface area contributed by atoms with Crippen LogP contribution in [0.1, 0.15) is 35.5 Å². The zero-order valence-electron chi connectivity index (χ0n) is 14.4. The third kappa shape index (κ3) is 3.35. The van der Waals surface area contributed by atoms with Crippen molar-refractivity contribution < 1.29 is 4.39 Å². The van der Waals surface area contributed by atoms with Crippen molar-refractivity contribution in [3.05, 3.63) is 89.3 Å². The van der Waals surface area contributed by atoms with Crippen molar-refractivity contribution in [2.45, 2.75) is 32.5 Å². The molecule has 0 saturated carbocycles. The van der Waals surface area contributed by atoms with Crippen LogP contribution in [0, 0.1) is 5.82 Å². The van der Waals surface area contributed by atoms with Gasteiger partial charge in [0.15, 0.2) is 0 Å². The maximum atomic E-state index is 13.6. The second kappa shape index (κ2) is 6.81. The molecule has 1 aliphatic rings. The SMILES string of the molecule is CC1c2cc(F)ccc2CCN1Cc1nccn1Cc1ccccc1. The Balaban J connectivity index is 1.53. The molecule has 1 atom stereocenters. The summed E-state index contributed by atoms with van der Waals surface area (Å²) in [6.07, 6.45) is 4.85. The fraction of sp³-hybridized carbons (Fsp3) is 0.286. The molecule has 2 heterocycles. The number of imidazole rings is 1. The summed E-state index contributed by atoms with van der Waals surface area (Å²) in [5.74, 6) is 0.897. The molecule has 0 fully saturated rings. The maximum Gasteiger partial charge on any atom is 0.123 e. The quantitative estimate of drug-likeness (QED) is 0.713. The Morgan fingerprint density at radius 3 is 2.80 bits per heavy atom. The minimum absolute atomic E-state index is 0.155. The van der Waals surface area contributed by atoms with Crippen molar-refractivity contribution in [3.8, 4) is 0 Å². The van der Waals surface area contributed by atoms with E-state index in [1.807, 2.05) is 24.5 Å². The van der Waals surface area contributed by atoms with Crippen LogP contribution in [-0.4, -0.2) is 21.0 Å². The van der Waals surface area contributed by atoms with Crippen LogP contribution in [0.25, 0.3) is 0 Å². The molecule has 0 N–H and O–H groups in total. The molecule has 128 valence electrons. The smallest absolute Gasteiger partial charge is 0.123 e. The second-order valence-electron chi connectivity index (χ2n) is 6.70. The summed E-state index contributed by atoms with van der Waals surface area (Å²) >= 11 is 0. The summed E-state index contributed by atoms with van der Waals surface area (Å²) in [6, 6.07) is 15.8. The van der Waals surface area contributed by atoms with E-state index < -0.39 is 0 Å². The monoisotopic (exact) mass is 335 g/mol. The van der Waals surface area contributed by atoms with Crippen LogP contribution >= 0.6 is 0 Å². The molecule has 0 saturated heterocycles. The van der Waals surface area contributed by atoms with Crippen LogP contribution in [0.3, 0.4) is 0 Å². The molecule has 1 aromatic heterocycles. The van der Waals surface area contributed by atoms with Crippen molar-refractivity contribution in [1.29, 1.82) is 0 Å². The molecular weight excluding hydrogens is 313 g/mol. The number of halogens is 1. The van der Waals surface area contributed by atoms with Crippen molar-refractivity contribution in [3.63, 3.8) is 0 Å². The number of aromatic nitrogens is 2. The molecule has 3 nitrogen and oxygen atoms in total. The molecule has 0 radical (unpaired) electrons. The number of fused-ring (bicyclic) bond motifs is 1. The van der Waals surface area contributed by atoms with E-state index in [1.165, 1.54) is 11.1 Å². The van der Waals surface area contributed by atoms with Gasteiger partial charge in [0.05, 0.1) is 6.54 Å². The van der Waals surface area contributed by atoms with Gasteiger partial charge < -0.3 is 4.57 Å². The number of rotatable bonds is 4. The molecule has 0 aliphatic carbocycles. The number of benzene rings is 2. The van der Waals surface area contributed by atoms with Gasteiger partial charge in [-0.15, -0.1) is 0 Å². The lowest BCUT2D eigenvalue weighted by Crippen LogP contribution is -2.34. The zero-order chi connectivity index (χ0) is 17.2. The van der Waals surface area contributed by atoms with Gasteiger partial charge in [0.25, 0.3) is 0 Å². The van der Waals surface area contributed by atoms with Crippen molar-refractivity contribution in [2.75, 3.05) is 6.54 Å². The molecule has 25 heavy (non-hydrogen) atoms. The van der Waals surface area contributed by atoms with Crippen LogP contribution in [0.2, 0.25) is 0 Å². The zero-order valence-corrected chi connectivity index (χ0v) is 14.4. The molecule has 1 aliphatic heterocycles. The topological polar surface area (TPSA) is 21.1 Å². The highest BCUT2D eigenvalue weighted by Crippen LogP contribution is 2.30. The van der Waals surface area contributed by atoms with Crippen molar-refractivity contribution in [1.82, 2.24) is 14.5 Å².